The van der Waals surface area contributed by atoms with Gasteiger partial charge in [0.05, 0.1) is 12.6 Å². The number of carbonyl (C=O) groups is 1. The number of anilines is 1. The average molecular weight is 367 g/mol. The number of amides is 2. The van der Waals surface area contributed by atoms with Crippen LogP contribution in [0.4, 0.5) is 10.7 Å². The van der Waals surface area contributed by atoms with E-state index in [1.54, 1.807) is 12.1 Å². The van der Waals surface area contributed by atoms with Gasteiger partial charge in [0, 0.05) is 11.6 Å². The van der Waals surface area contributed by atoms with Gasteiger partial charge in [-0.05, 0) is 48.8 Å². The second-order valence-corrected chi connectivity index (χ2v) is 5.68. The number of nitrogens with one attached hydrogen (secondary N) is 2. The van der Waals surface area contributed by atoms with E-state index in [1.165, 1.54) is 0 Å². The van der Waals surface area contributed by atoms with Gasteiger partial charge in [-0.25, -0.2) is 4.79 Å². The number of ether oxygens (including phenoxy) is 1. The van der Waals surface area contributed by atoms with Crippen LogP contribution < -0.4 is 15.4 Å². The molecule has 1 aromatic heterocycles. The molecule has 5 nitrogen and oxygen atoms in total. The lowest BCUT2D eigenvalue weighted by molar-refractivity contribution is 0.248. The van der Waals surface area contributed by atoms with Gasteiger partial charge in [-0.1, -0.05) is 17.7 Å². The Morgan fingerprint density at radius 1 is 1.36 bits per heavy atom. The molecule has 22 heavy (non-hydrogen) atoms. The number of aryl methyl sites for hydroxylation is 1. The van der Waals surface area contributed by atoms with Crippen molar-refractivity contribution in [2.75, 3.05) is 11.9 Å². The number of carbonyl (C=O) groups excluding carboxylic acids is 1. The zero-order valence-corrected chi connectivity index (χ0v) is 14.4. The monoisotopic (exact) mass is 366 g/mol. The zero-order valence-electron chi connectivity index (χ0n) is 12.8. The number of hydrogen-bond acceptors (Lipinski definition) is 3. The first-order valence-electron chi connectivity index (χ1n) is 7.05. The normalized spacial score (nSPS) is 11.8. The van der Waals surface area contributed by atoms with Crippen LogP contribution in [0.15, 0.2) is 39.4 Å². The van der Waals surface area contributed by atoms with E-state index in [1.807, 2.05) is 39.0 Å². The van der Waals surface area contributed by atoms with Gasteiger partial charge in [-0.3, -0.25) is 5.32 Å². The van der Waals surface area contributed by atoms with E-state index >= 15 is 0 Å². The molecule has 0 aliphatic carbocycles. The van der Waals surface area contributed by atoms with Crippen LogP contribution in [-0.4, -0.2) is 12.6 Å². The van der Waals surface area contributed by atoms with Crippen molar-refractivity contribution < 1.29 is 13.9 Å². The van der Waals surface area contributed by atoms with Gasteiger partial charge in [0.25, 0.3) is 0 Å². The third-order valence-corrected chi connectivity index (χ3v) is 3.52. The summed E-state index contributed by atoms with van der Waals surface area (Å²) >= 11 is 3.19. The number of furan rings is 1. The summed E-state index contributed by atoms with van der Waals surface area (Å²) in [6.45, 7) is 6.43. The van der Waals surface area contributed by atoms with Gasteiger partial charge in [-0.15, -0.1) is 0 Å². The summed E-state index contributed by atoms with van der Waals surface area (Å²) in [5.74, 6) is 1.16. The van der Waals surface area contributed by atoms with E-state index in [2.05, 4.69) is 26.6 Å². The largest absolute Gasteiger partial charge is 0.494 e. The highest BCUT2D eigenvalue weighted by molar-refractivity contribution is 9.10. The molecule has 2 rings (SSSR count). The van der Waals surface area contributed by atoms with Crippen molar-refractivity contribution in [2.24, 2.45) is 0 Å². The quantitative estimate of drug-likeness (QED) is 0.810. The Hall–Kier alpha value is -1.95. The highest BCUT2D eigenvalue weighted by atomic mass is 79.9. The smallest absolute Gasteiger partial charge is 0.322 e. The van der Waals surface area contributed by atoms with Crippen molar-refractivity contribution in [3.05, 3.63) is 46.1 Å². The van der Waals surface area contributed by atoms with E-state index < -0.39 is 0 Å². The summed E-state index contributed by atoms with van der Waals surface area (Å²) in [4.78, 5) is 12.0. The summed E-state index contributed by atoms with van der Waals surface area (Å²) in [6, 6.07) is 8.78. The maximum absolute atomic E-state index is 12.0. The predicted octanol–water partition coefficient (Wildman–Crippen LogP) is 4.63. The Labute approximate surface area is 138 Å². The Kier molecular flexibility index (Phi) is 5.49. The average Bonchev–Trinajstić information content (AvgIpc) is 2.86. The van der Waals surface area contributed by atoms with Gasteiger partial charge in [0.15, 0.2) is 4.67 Å². The predicted molar refractivity (Wildman–Crippen MR) is 89.3 cm³/mol. The molecule has 2 aromatic rings. The molecule has 1 heterocycles. The summed E-state index contributed by atoms with van der Waals surface area (Å²) in [7, 11) is 0. The molecule has 0 radical (unpaired) electrons. The molecule has 0 aliphatic heterocycles. The van der Waals surface area contributed by atoms with Crippen LogP contribution in [0.3, 0.4) is 0 Å². The van der Waals surface area contributed by atoms with Crippen LogP contribution in [-0.2, 0) is 0 Å². The lowest BCUT2D eigenvalue weighted by Crippen LogP contribution is -2.31. The van der Waals surface area contributed by atoms with Crippen LogP contribution >= 0.6 is 15.9 Å². The lowest BCUT2D eigenvalue weighted by Gasteiger charge is -2.18. The lowest BCUT2D eigenvalue weighted by atomic mass is 10.0. The van der Waals surface area contributed by atoms with Crippen molar-refractivity contribution in [2.45, 2.75) is 26.8 Å². The van der Waals surface area contributed by atoms with Gasteiger partial charge < -0.3 is 14.5 Å². The molecule has 2 amide bonds. The highest BCUT2D eigenvalue weighted by Crippen LogP contribution is 2.26. The molecule has 0 spiro atoms. The summed E-state index contributed by atoms with van der Waals surface area (Å²) in [6.07, 6.45) is 0. The third kappa shape index (κ3) is 4.27. The van der Waals surface area contributed by atoms with Crippen LogP contribution in [0.2, 0.25) is 0 Å². The first kappa shape index (κ1) is 16.4. The second kappa shape index (κ2) is 7.35. The zero-order chi connectivity index (χ0) is 16.1. The Morgan fingerprint density at radius 3 is 2.77 bits per heavy atom. The van der Waals surface area contributed by atoms with Gasteiger partial charge in [0.1, 0.15) is 5.75 Å². The van der Waals surface area contributed by atoms with E-state index in [0.717, 1.165) is 16.9 Å². The minimum absolute atomic E-state index is 0.195. The van der Waals surface area contributed by atoms with E-state index in [0.29, 0.717) is 17.2 Å². The van der Waals surface area contributed by atoms with Crippen molar-refractivity contribution in [3.63, 3.8) is 0 Å². The number of benzene rings is 1. The Balaban J connectivity index is 2.06. The van der Waals surface area contributed by atoms with Crippen LogP contribution in [0, 0.1) is 6.92 Å². The molecule has 1 atom stereocenters. The van der Waals surface area contributed by atoms with E-state index in [-0.39, 0.29) is 12.1 Å². The molecular weight excluding hydrogens is 348 g/mol. The van der Waals surface area contributed by atoms with Crippen LogP contribution in [0.1, 0.15) is 31.0 Å². The van der Waals surface area contributed by atoms with Gasteiger partial charge in [0.2, 0.25) is 5.88 Å². The molecular formula is C16H19BrN2O3. The first-order valence-corrected chi connectivity index (χ1v) is 7.85. The van der Waals surface area contributed by atoms with Gasteiger partial charge >= 0.3 is 6.03 Å². The number of rotatable bonds is 5. The van der Waals surface area contributed by atoms with Crippen molar-refractivity contribution in [3.8, 4) is 5.75 Å². The third-order valence-electron chi connectivity index (χ3n) is 3.09. The topological polar surface area (TPSA) is 63.5 Å². The maximum atomic E-state index is 12.0. The standard InChI is InChI=1S/C16H19BrN2O3/c1-4-21-13-6-5-10(2)9-12(13)11(3)18-16(20)19-15-8-7-14(17)22-15/h5-9,11H,4H2,1-3H3,(H2,18,19,20). The van der Waals surface area contributed by atoms with Crippen LogP contribution in [0.5, 0.6) is 5.75 Å². The number of urea groups is 1. The van der Waals surface area contributed by atoms with Crippen molar-refractivity contribution in [1.82, 2.24) is 5.32 Å². The molecule has 0 aliphatic rings. The molecule has 1 aromatic carbocycles. The molecule has 0 fully saturated rings. The summed E-state index contributed by atoms with van der Waals surface area (Å²) in [5.41, 5.74) is 2.06. The molecule has 1 unspecified atom stereocenters. The fourth-order valence-electron chi connectivity index (χ4n) is 2.10. The maximum Gasteiger partial charge on any atom is 0.322 e. The summed E-state index contributed by atoms with van der Waals surface area (Å²) < 4.78 is 11.4. The number of hydrogen-bond donors (Lipinski definition) is 2. The SMILES string of the molecule is CCOc1ccc(C)cc1C(C)NC(=O)Nc1ccc(Br)o1. The molecule has 0 saturated heterocycles. The highest BCUT2D eigenvalue weighted by Gasteiger charge is 2.15. The van der Waals surface area contributed by atoms with Crippen molar-refractivity contribution >= 4 is 27.8 Å². The van der Waals surface area contributed by atoms with Crippen molar-refractivity contribution in [1.29, 1.82) is 0 Å². The van der Waals surface area contributed by atoms with Crippen LogP contribution in [0.25, 0.3) is 0 Å². The first-order chi connectivity index (χ1) is 10.5. The molecule has 0 saturated carbocycles. The molecule has 6 heteroatoms. The summed E-state index contributed by atoms with van der Waals surface area (Å²) in [5, 5.41) is 5.52. The molecule has 118 valence electrons. The minimum atomic E-state index is -0.335. The van der Waals surface area contributed by atoms with E-state index in [9.17, 15) is 4.79 Å². The molecule has 0 bridgehead atoms. The van der Waals surface area contributed by atoms with E-state index in [4.69, 9.17) is 9.15 Å². The van der Waals surface area contributed by atoms with Gasteiger partial charge in [-0.2, -0.15) is 0 Å². The number of halogens is 1. The molecule has 2 N–H and O–H groups in total. The Bertz CT molecular complexity index is 655. The Morgan fingerprint density at radius 2 is 2.14 bits per heavy atom. The fourth-order valence-corrected chi connectivity index (χ4v) is 2.40. The fraction of sp³-hybridized carbons (Fsp3) is 0.312. The second-order valence-electron chi connectivity index (χ2n) is 4.90. The minimum Gasteiger partial charge on any atom is -0.494 e.